The van der Waals surface area contributed by atoms with Gasteiger partial charge in [0.2, 0.25) is 11.4 Å². The first-order valence-electron chi connectivity index (χ1n) is 10.2. The predicted molar refractivity (Wildman–Crippen MR) is 120 cm³/mol. The number of aliphatic carboxylic acids is 1. The number of pyridine rings is 1. The minimum Gasteiger partial charge on any atom is -0.334 e. The summed E-state index contributed by atoms with van der Waals surface area (Å²) in [5.41, 5.74) is 5.45. The van der Waals surface area contributed by atoms with Crippen LogP contribution in [0, 0.1) is 0 Å². The lowest BCUT2D eigenvalue weighted by Crippen LogP contribution is -2.54. The van der Waals surface area contributed by atoms with Crippen molar-refractivity contribution in [2.24, 2.45) is 0 Å². The summed E-state index contributed by atoms with van der Waals surface area (Å²) in [5, 5.41) is 10.3. The van der Waals surface area contributed by atoms with Gasteiger partial charge in [-0.3, -0.25) is 0 Å². The lowest BCUT2D eigenvalue weighted by Gasteiger charge is -2.15. The molecule has 3 heteroatoms. The smallest absolute Gasteiger partial charge is 0.334 e. The molecule has 1 aromatic heterocycles. The fourth-order valence-corrected chi connectivity index (χ4v) is 4.16. The van der Waals surface area contributed by atoms with Gasteiger partial charge in [0.1, 0.15) is 0 Å². The molecule has 3 nitrogen and oxygen atoms in total. The van der Waals surface area contributed by atoms with Gasteiger partial charge in [-0.05, 0) is 35.4 Å². The average molecular weight is 393 g/mol. The maximum atomic E-state index is 10.3. The molecule has 3 aromatic carbocycles. The van der Waals surface area contributed by atoms with E-state index < -0.39 is 11.5 Å². The van der Waals surface area contributed by atoms with Gasteiger partial charge in [0.05, 0.1) is 0 Å². The summed E-state index contributed by atoms with van der Waals surface area (Å²) in [5.74, 6) is -0.519. The van der Waals surface area contributed by atoms with Gasteiger partial charge >= 0.3 is 11.5 Å². The van der Waals surface area contributed by atoms with E-state index in [1.807, 2.05) is 54.6 Å². The molecule has 0 unspecified atom stereocenters. The second kappa shape index (κ2) is 7.27. The third-order valence-corrected chi connectivity index (χ3v) is 5.88. The highest BCUT2D eigenvalue weighted by Gasteiger charge is 2.67. The number of carboxylic acids is 1. The SMILES string of the molecule is OC(=[OH+])C1([n+]2c(-c3ccccc3)cc(-c3ccccc3)cc2-c2ccccc2)CC1. The van der Waals surface area contributed by atoms with E-state index in [1.165, 1.54) is 0 Å². The molecule has 0 saturated heterocycles. The summed E-state index contributed by atoms with van der Waals surface area (Å²) in [6, 6.07) is 34.9. The zero-order chi connectivity index (χ0) is 20.6. The Hall–Kier alpha value is -3.72. The average Bonchev–Trinajstić information content (AvgIpc) is 3.62. The van der Waals surface area contributed by atoms with Crippen molar-refractivity contribution in [1.29, 1.82) is 0 Å². The molecule has 1 aliphatic carbocycles. The molecule has 1 fully saturated rings. The van der Waals surface area contributed by atoms with E-state index in [4.69, 9.17) is 0 Å². The molecule has 0 amide bonds. The highest BCUT2D eigenvalue weighted by atomic mass is 16.4. The number of benzene rings is 3. The Kier molecular flexibility index (Phi) is 4.44. The van der Waals surface area contributed by atoms with E-state index in [9.17, 15) is 9.90 Å². The molecule has 0 bridgehead atoms. The van der Waals surface area contributed by atoms with Crippen LogP contribution in [0.2, 0.25) is 0 Å². The van der Waals surface area contributed by atoms with E-state index >= 15 is 0 Å². The Balaban J connectivity index is 1.87. The van der Waals surface area contributed by atoms with Crippen molar-refractivity contribution in [1.82, 2.24) is 0 Å². The Morgan fingerprint density at radius 2 is 1.03 bits per heavy atom. The molecular formula is C27H23NO2+2. The maximum Gasteiger partial charge on any atom is 0.555 e. The van der Waals surface area contributed by atoms with Crippen LogP contribution in [-0.4, -0.2) is 15.9 Å². The first-order chi connectivity index (χ1) is 14.7. The molecule has 0 atom stereocenters. The Morgan fingerprint density at radius 1 is 0.633 bits per heavy atom. The highest BCUT2D eigenvalue weighted by molar-refractivity contribution is 5.81. The van der Waals surface area contributed by atoms with Crippen LogP contribution in [0.1, 0.15) is 12.8 Å². The van der Waals surface area contributed by atoms with Crippen LogP contribution >= 0.6 is 0 Å². The van der Waals surface area contributed by atoms with Gasteiger partial charge in [0.25, 0.3) is 0 Å². The van der Waals surface area contributed by atoms with Gasteiger partial charge in [-0.15, -0.1) is 0 Å². The quantitative estimate of drug-likeness (QED) is 0.352. The largest absolute Gasteiger partial charge is 0.555 e. The van der Waals surface area contributed by atoms with E-state index in [0.717, 1.165) is 33.6 Å². The van der Waals surface area contributed by atoms with Crippen molar-refractivity contribution < 1.29 is 14.5 Å². The molecule has 0 aliphatic heterocycles. The number of rotatable bonds is 5. The van der Waals surface area contributed by atoms with E-state index in [0.29, 0.717) is 12.8 Å². The van der Waals surface area contributed by atoms with E-state index in [1.54, 1.807) is 0 Å². The molecule has 30 heavy (non-hydrogen) atoms. The fraction of sp³-hybridized carbons (Fsp3) is 0.111. The second-order valence-electron chi connectivity index (χ2n) is 7.80. The first-order valence-corrected chi connectivity index (χ1v) is 10.2. The molecule has 1 aliphatic rings. The zero-order valence-electron chi connectivity index (χ0n) is 16.6. The van der Waals surface area contributed by atoms with Crippen LogP contribution in [0.4, 0.5) is 0 Å². The highest BCUT2D eigenvalue weighted by Crippen LogP contribution is 2.43. The molecule has 146 valence electrons. The zero-order valence-corrected chi connectivity index (χ0v) is 16.6. The van der Waals surface area contributed by atoms with Gasteiger partial charge in [-0.25, -0.2) is 0 Å². The molecule has 0 spiro atoms. The van der Waals surface area contributed by atoms with Crippen LogP contribution < -0.4 is 4.57 Å². The predicted octanol–water partition coefficient (Wildman–Crippen LogP) is 5.52. The van der Waals surface area contributed by atoms with Crippen molar-refractivity contribution in [3.63, 3.8) is 0 Å². The minimum atomic E-state index is -0.786. The van der Waals surface area contributed by atoms with Gasteiger partial charge in [0.15, 0.2) is 0 Å². The number of aliphatic hydroxyl groups excluding tert-OH is 1. The van der Waals surface area contributed by atoms with Crippen molar-refractivity contribution in [3.05, 3.63) is 103 Å². The van der Waals surface area contributed by atoms with Crippen molar-refractivity contribution in [2.45, 2.75) is 18.4 Å². The van der Waals surface area contributed by atoms with Crippen LogP contribution in [-0.2, 0) is 5.54 Å². The van der Waals surface area contributed by atoms with Gasteiger partial charge in [-0.2, -0.15) is 4.57 Å². The lowest BCUT2D eigenvalue weighted by molar-refractivity contribution is -0.703. The molecule has 4 aromatic rings. The summed E-state index contributed by atoms with van der Waals surface area (Å²) in [6.07, 6.45) is 1.40. The van der Waals surface area contributed by atoms with E-state index in [-0.39, 0.29) is 0 Å². The number of hydrogen-bond donors (Lipinski definition) is 1. The number of hydrogen-bond acceptors (Lipinski definition) is 0. The van der Waals surface area contributed by atoms with Crippen molar-refractivity contribution >= 4 is 5.97 Å². The molecular weight excluding hydrogens is 370 g/mol. The monoisotopic (exact) mass is 393 g/mol. The Morgan fingerprint density at radius 3 is 1.40 bits per heavy atom. The van der Waals surface area contributed by atoms with Crippen molar-refractivity contribution in [2.75, 3.05) is 0 Å². The maximum absolute atomic E-state index is 10.3. The molecule has 1 heterocycles. The number of aromatic nitrogens is 1. The Labute approximate surface area is 175 Å². The standard InChI is InChI=1S/C27H21NO2/c29-26(30)27(16-17-27)28-24(21-12-6-2-7-13-21)18-23(20-10-4-1-5-11-20)19-25(28)22-14-8-3-9-15-22/h1-15,18-19H,16-17H2/p+2. The third kappa shape index (κ3) is 3.09. The topological polar surface area (TPSA) is 45.5 Å². The van der Waals surface area contributed by atoms with Crippen LogP contribution in [0.5, 0.6) is 0 Å². The summed E-state index contributed by atoms with van der Waals surface area (Å²) in [7, 11) is 0. The minimum absolute atomic E-state index is 0.519. The van der Waals surface area contributed by atoms with Crippen LogP contribution in [0.3, 0.4) is 0 Å². The summed E-state index contributed by atoms with van der Waals surface area (Å²) < 4.78 is 2.11. The molecule has 0 radical (unpaired) electrons. The van der Waals surface area contributed by atoms with Crippen LogP contribution in [0.25, 0.3) is 33.6 Å². The first kappa shape index (κ1) is 18.3. The Bertz CT molecular complexity index is 1140. The second-order valence-corrected chi connectivity index (χ2v) is 7.80. The normalized spacial score (nSPS) is 14.3. The van der Waals surface area contributed by atoms with Crippen molar-refractivity contribution in [3.8, 4) is 33.6 Å². The lowest BCUT2D eigenvalue weighted by atomic mass is 9.97. The molecule has 1 saturated carbocycles. The van der Waals surface area contributed by atoms with Gasteiger partial charge in [-0.1, -0.05) is 66.7 Å². The van der Waals surface area contributed by atoms with Crippen LogP contribution in [0.15, 0.2) is 103 Å². The summed E-state index contributed by atoms with van der Waals surface area (Å²) in [4.78, 5) is 10.3. The summed E-state index contributed by atoms with van der Waals surface area (Å²) in [6.45, 7) is 0. The number of nitrogens with zero attached hydrogens (tertiary/aromatic N) is 1. The third-order valence-electron chi connectivity index (χ3n) is 5.88. The summed E-state index contributed by atoms with van der Waals surface area (Å²) >= 11 is 0. The fourth-order valence-electron chi connectivity index (χ4n) is 4.16. The van der Waals surface area contributed by atoms with E-state index in [2.05, 4.69) is 53.1 Å². The van der Waals surface area contributed by atoms with Gasteiger partial charge in [0, 0.05) is 36.1 Å². The molecule has 2 N–H and O–H groups in total. The molecule has 5 rings (SSSR count). The van der Waals surface area contributed by atoms with Gasteiger partial charge < -0.3 is 9.90 Å². The number of carboxylic acid groups (broad SMARTS) is 1.